The number of para-hydroxylation sites is 1. The van der Waals surface area contributed by atoms with Gasteiger partial charge in [-0.1, -0.05) is 49.3 Å². The molecule has 7 nitrogen and oxygen atoms in total. The first-order valence-electron chi connectivity index (χ1n) is 11.8. The summed E-state index contributed by atoms with van der Waals surface area (Å²) >= 11 is 0. The minimum Gasteiger partial charge on any atom is -0.382 e. The summed E-state index contributed by atoms with van der Waals surface area (Å²) in [5.41, 5.74) is 2.02. The molecular weight excluding hydrogens is 428 g/mol. The van der Waals surface area contributed by atoms with E-state index < -0.39 is 11.5 Å². The van der Waals surface area contributed by atoms with Gasteiger partial charge in [0.1, 0.15) is 0 Å². The molecule has 0 radical (unpaired) electrons. The Kier molecular flexibility index (Phi) is 4.41. The molecule has 2 aromatic carbocycles. The number of carbonyl (C=O) groups is 2. The number of hydrazine groups is 1. The Hall–Kier alpha value is -3.66. The lowest BCUT2D eigenvalue weighted by Gasteiger charge is -2.35. The first kappa shape index (κ1) is 20.9. The summed E-state index contributed by atoms with van der Waals surface area (Å²) in [6.45, 7) is 4.38. The van der Waals surface area contributed by atoms with Crippen molar-refractivity contribution in [1.29, 1.82) is 5.26 Å². The van der Waals surface area contributed by atoms with E-state index in [0.29, 0.717) is 29.3 Å². The van der Waals surface area contributed by atoms with Crippen LogP contribution in [0.3, 0.4) is 0 Å². The molecule has 4 aliphatic rings. The normalized spacial score (nSPS) is 30.7. The molecule has 0 N–H and O–H groups in total. The van der Waals surface area contributed by atoms with Crippen LogP contribution in [0.25, 0.3) is 0 Å². The van der Waals surface area contributed by atoms with E-state index in [0.717, 1.165) is 24.8 Å². The van der Waals surface area contributed by atoms with Gasteiger partial charge in [-0.15, -0.1) is 0 Å². The van der Waals surface area contributed by atoms with Gasteiger partial charge >= 0.3 is 0 Å². The van der Waals surface area contributed by atoms with Crippen LogP contribution in [0.4, 0.5) is 5.69 Å². The van der Waals surface area contributed by atoms with E-state index >= 15 is 0 Å². The van der Waals surface area contributed by atoms with Crippen molar-refractivity contribution in [2.24, 2.45) is 21.9 Å². The van der Waals surface area contributed by atoms with Crippen molar-refractivity contribution in [3.8, 4) is 6.07 Å². The second kappa shape index (κ2) is 7.17. The van der Waals surface area contributed by atoms with Crippen LogP contribution < -0.4 is 5.01 Å². The van der Waals surface area contributed by atoms with Crippen molar-refractivity contribution < 1.29 is 14.4 Å². The standard InChI is InChI=1S/C27H26N4O3/c1-26(2)19-12-13-27(26)23(14-19)31(30(25(27)33)20-6-4-3-5-7-20)24(32)22-15-21(29-34-22)18-10-8-17(16-28)9-11-18/h3-11,19,22-23H,12-15H2,1-2H3/t19?,22-,23?,27?/m1/s1. The van der Waals surface area contributed by atoms with E-state index in [1.807, 2.05) is 42.5 Å². The van der Waals surface area contributed by atoms with Crippen LogP contribution in [0.1, 0.15) is 50.7 Å². The molecule has 2 heterocycles. The van der Waals surface area contributed by atoms with Gasteiger partial charge < -0.3 is 4.84 Å². The fraction of sp³-hybridized carbons (Fsp3) is 0.407. The summed E-state index contributed by atoms with van der Waals surface area (Å²) in [5, 5.41) is 16.5. The highest BCUT2D eigenvalue weighted by atomic mass is 16.6. The lowest BCUT2D eigenvalue weighted by atomic mass is 9.67. The van der Waals surface area contributed by atoms with Crippen LogP contribution in [0.5, 0.6) is 0 Å². The number of fused-ring (bicyclic) bond motifs is 1. The van der Waals surface area contributed by atoms with Crippen LogP contribution in [0.2, 0.25) is 0 Å². The topological polar surface area (TPSA) is 86.0 Å². The molecule has 2 amide bonds. The SMILES string of the molecule is CC1(C)C2CCC13C(=O)N(c1ccccc1)N(C(=O)[C@H]1CC(c4ccc(C#N)cc4)=NO1)C3C2. The highest BCUT2D eigenvalue weighted by Crippen LogP contribution is 2.70. The number of hydrogen-bond donors (Lipinski definition) is 0. The number of rotatable bonds is 3. The Morgan fingerprint density at radius 2 is 1.88 bits per heavy atom. The number of amides is 2. The van der Waals surface area contributed by atoms with E-state index in [-0.39, 0.29) is 23.3 Å². The monoisotopic (exact) mass is 454 g/mol. The Bertz CT molecular complexity index is 1250. The molecule has 2 aliphatic heterocycles. The molecule has 172 valence electrons. The van der Waals surface area contributed by atoms with E-state index in [1.165, 1.54) is 0 Å². The minimum absolute atomic E-state index is 0.0216. The predicted molar refractivity (Wildman–Crippen MR) is 125 cm³/mol. The zero-order valence-corrected chi connectivity index (χ0v) is 19.3. The zero-order valence-electron chi connectivity index (χ0n) is 19.3. The second-order valence-electron chi connectivity index (χ2n) is 10.3. The maximum absolute atomic E-state index is 14.1. The number of oxime groups is 1. The Balaban J connectivity index is 1.33. The summed E-state index contributed by atoms with van der Waals surface area (Å²) in [6.07, 6.45) is 2.18. The molecule has 3 unspecified atom stereocenters. The molecule has 2 bridgehead atoms. The molecule has 2 saturated carbocycles. The van der Waals surface area contributed by atoms with Crippen LogP contribution in [0, 0.1) is 28.1 Å². The van der Waals surface area contributed by atoms with E-state index in [4.69, 9.17) is 10.1 Å². The molecule has 2 aliphatic carbocycles. The highest BCUT2D eigenvalue weighted by molar-refractivity contribution is 6.08. The van der Waals surface area contributed by atoms with Gasteiger partial charge in [0.15, 0.2) is 0 Å². The third-order valence-electron chi connectivity index (χ3n) is 8.74. The first-order chi connectivity index (χ1) is 16.4. The van der Waals surface area contributed by atoms with Gasteiger partial charge in [-0.3, -0.25) is 9.59 Å². The number of nitrogens with zero attached hydrogens (tertiary/aromatic N) is 4. The second-order valence-corrected chi connectivity index (χ2v) is 10.3. The van der Waals surface area contributed by atoms with Crippen molar-refractivity contribution >= 4 is 23.2 Å². The summed E-state index contributed by atoms with van der Waals surface area (Å²) in [5.74, 6) is 0.215. The van der Waals surface area contributed by atoms with Crippen molar-refractivity contribution in [3.05, 3.63) is 65.7 Å². The number of benzene rings is 2. The minimum atomic E-state index is -0.790. The van der Waals surface area contributed by atoms with Gasteiger partial charge in [-0.25, -0.2) is 10.0 Å². The molecule has 4 atom stereocenters. The average Bonchev–Trinajstić information content (AvgIpc) is 3.57. The van der Waals surface area contributed by atoms with Gasteiger partial charge in [0, 0.05) is 6.42 Å². The maximum Gasteiger partial charge on any atom is 0.286 e. The van der Waals surface area contributed by atoms with Gasteiger partial charge in [0.05, 0.1) is 34.5 Å². The van der Waals surface area contributed by atoms with Crippen LogP contribution >= 0.6 is 0 Å². The molecular formula is C27H26N4O3. The lowest BCUT2D eigenvalue weighted by molar-refractivity contribution is -0.145. The molecule has 0 aromatic heterocycles. The molecule has 7 heteroatoms. The van der Waals surface area contributed by atoms with E-state index in [9.17, 15) is 9.59 Å². The van der Waals surface area contributed by atoms with Crippen molar-refractivity contribution in [1.82, 2.24) is 5.01 Å². The molecule has 2 aromatic rings. The highest BCUT2D eigenvalue weighted by Gasteiger charge is 2.75. The molecule has 3 fully saturated rings. The van der Waals surface area contributed by atoms with Crippen LogP contribution in [-0.2, 0) is 14.4 Å². The first-order valence-corrected chi connectivity index (χ1v) is 11.8. The Labute approximate surface area is 198 Å². The van der Waals surface area contributed by atoms with E-state index in [2.05, 4.69) is 25.1 Å². The number of carbonyl (C=O) groups excluding carboxylic acids is 2. The Morgan fingerprint density at radius 1 is 1.15 bits per heavy atom. The summed E-state index contributed by atoms with van der Waals surface area (Å²) in [4.78, 5) is 33.7. The van der Waals surface area contributed by atoms with Crippen LogP contribution in [-0.4, -0.2) is 34.7 Å². The van der Waals surface area contributed by atoms with Crippen LogP contribution in [0.15, 0.2) is 59.8 Å². The van der Waals surface area contributed by atoms with Gasteiger partial charge in [0.2, 0.25) is 6.10 Å². The maximum atomic E-state index is 14.1. The van der Waals surface area contributed by atoms with Gasteiger partial charge in [-0.2, -0.15) is 5.26 Å². The lowest BCUT2D eigenvalue weighted by Crippen LogP contribution is -2.51. The van der Waals surface area contributed by atoms with Crippen molar-refractivity contribution in [2.75, 3.05) is 5.01 Å². The fourth-order valence-electron chi connectivity index (χ4n) is 6.82. The number of nitriles is 1. The number of hydrogen-bond acceptors (Lipinski definition) is 5. The summed E-state index contributed by atoms with van der Waals surface area (Å²) < 4.78 is 0. The number of anilines is 1. The molecule has 34 heavy (non-hydrogen) atoms. The molecule has 1 spiro atoms. The Morgan fingerprint density at radius 3 is 2.56 bits per heavy atom. The average molecular weight is 455 g/mol. The molecule has 6 rings (SSSR count). The van der Waals surface area contributed by atoms with Crippen molar-refractivity contribution in [2.45, 2.75) is 51.7 Å². The zero-order chi connectivity index (χ0) is 23.7. The third-order valence-corrected chi connectivity index (χ3v) is 8.74. The fourth-order valence-corrected chi connectivity index (χ4v) is 6.82. The van der Waals surface area contributed by atoms with E-state index in [1.54, 1.807) is 22.2 Å². The van der Waals surface area contributed by atoms with Gasteiger partial charge in [0.25, 0.3) is 11.8 Å². The summed E-state index contributed by atoms with van der Waals surface area (Å²) in [7, 11) is 0. The summed E-state index contributed by atoms with van der Waals surface area (Å²) in [6, 6.07) is 18.4. The third kappa shape index (κ3) is 2.60. The quantitative estimate of drug-likeness (QED) is 0.701. The van der Waals surface area contributed by atoms with Gasteiger partial charge in [-0.05, 0) is 60.4 Å². The predicted octanol–water partition coefficient (Wildman–Crippen LogP) is 4.04. The molecule has 1 saturated heterocycles. The smallest absolute Gasteiger partial charge is 0.286 e. The largest absolute Gasteiger partial charge is 0.382 e. The van der Waals surface area contributed by atoms with Crippen molar-refractivity contribution in [3.63, 3.8) is 0 Å².